The first-order valence-corrected chi connectivity index (χ1v) is 6.44. The molecule has 7 heteroatoms. The molecular weight excluding hydrogens is 276 g/mol. The van der Waals surface area contributed by atoms with E-state index in [0.717, 1.165) is 11.1 Å². The van der Waals surface area contributed by atoms with Crippen molar-refractivity contribution in [2.75, 3.05) is 11.9 Å². The molecule has 1 aromatic carbocycles. The molecule has 0 aliphatic rings. The number of nitrogens with one attached hydrogen (secondary N) is 1. The van der Waals surface area contributed by atoms with E-state index < -0.39 is 23.4 Å². The van der Waals surface area contributed by atoms with E-state index in [1.165, 1.54) is 12.1 Å². The molecule has 21 heavy (non-hydrogen) atoms. The Morgan fingerprint density at radius 1 is 1.29 bits per heavy atom. The molecule has 1 rings (SSSR count). The van der Waals surface area contributed by atoms with E-state index in [-0.39, 0.29) is 17.3 Å². The highest BCUT2D eigenvalue weighted by atomic mass is 16.6. The third-order valence-corrected chi connectivity index (χ3v) is 2.90. The Morgan fingerprint density at radius 3 is 2.38 bits per heavy atom. The van der Waals surface area contributed by atoms with E-state index in [1.807, 2.05) is 0 Å². The Labute approximate surface area is 122 Å². The monoisotopic (exact) mass is 294 g/mol. The minimum atomic E-state index is -0.615. The van der Waals surface area contributed by atoms with Crippen LogP contribution >= 0.6 is 0 Å². The summed E-state index contributed by atoms with van der Waals surface area (Å²) in [5, 5.41) is 13.4. The van der Waals surface area contributed by atoms with Crippen LogP contribution in [0.25, 0.3) is 0 Å². The molecule has 0 aliphatic carbocycles. The Bertz CT molecular complexity index is 581. The van der Waals surface area contributed by atoms with Gasteiger partial charge in [0.15, 0.2) is 6.61 Å². The van der Waals surface area contributed by atoms with Crippen LogP contribution in [0.4, 0.5) is 11.4 Å². The largest absolute Gasteiger partial charge is 0.455 e. The predicted molar refractivity (Wildman–Crippen MR) is 77.0 cm³/mol. The van der Waals surface area contributed by atoms with Crippen molar-refractivity contribution in [2.45, 2.75) is 27.7 Å². The van der Waals surface area contributed by atoms with E-state index >= 15 is 0 Å². The summed E-state index contributed by atoms with van der Waals surface area (Å²) < 4.78 is 4.77. The van der Waals surface area contributed by atoms with Gasteiger partial charge in [-0.3, -0.25) is 19.7 Å². The second-order valence-electron chi connectivity index (χ2n) is 5.02. The van der Waals surface area contributed by atoms with Crippen molar-refractivity contribution in [3.05, 3.63) is 33.4 Å². The summed E-state index contributed by atoms with van der Waals surface area (Å²) in [5.74, 6) is -1.45. The van der Waals surface area contributed by atoms with Gasteiger partial charge in [-0.2, -0.15) is 0 Å². The molecule has 0 atom stereocenters. The lowest BCUT2D eigenvalue weighted by molar-refractivity contribution is -0.384. The van der Waals surface area contributed by atoms with Gasteiger partial charge in [-0.15, -0.1) is 0 Å². The van der Waals surface area contributed by atoms with Crippen molar-refractivity contribution in [3.8, 4) is 0 Å². The molecular formula is C14H18N2O5. The molecule has 1 N–H and O–H groups in total. The van der Waals surface area contributed by atoms with Gasteiger partial charge in [-0.25, -0.2) is 0 Å². The number of hydrogen-bond acceptors (Lipinski definition) is 5. The summed E-state index contributed by atoms with van der Waals surface area (Å²) in [6, 6.07) is 2.92. The van der Waals surface area contributed by atoms with Crippen LogP contribution < -0.4 is 5.32 Å². The second-order valence-corrected chi connectivity index (χ2v) is 5.02. The van der Waals surface area contributed by atoms with Gasteiger partial charge in [0.25, 0.3) is 11.6 Å². The summed E-state index contributed by atoms with van der Waals surface area (Å²) in [5.41, 5.74) is 1.47. The molecule has 0 radical (unpaired) electrons. The minimum absolute atomic E-state index is 0.0914. The Kier molecular flexibility index (Phi) is 5.40. The summed E-state index contributed by atoms with van der Waals surface area (Å²) in [6.45, 7) is 6.36. The molecule has 0 fully saturated rings. The van der Waals surface area contributed by atoms with E-state index in [4.69, 9.17) is 4.74 Å². The number of ether oxygens (including phenoxy) is 1. The van der Waals surface area contributed by atoms with Crippen molar-refractivity contribution in [1.82, 2.24) is 0 Å². The van der Waals surface area contributed by atoms with Gasteiger partial charge in [0.2, 0.25) is 0 Å². The Balaban J connectivity index is 2.83. The lowest BCUT2D eigenvalue weighted by Crippen LogP contribution is -2.23. The van der Waals surface area contributed by atoms with E-state index in [0.29, 0.717) is 0 Å². The van der Waals surface area contributed by atoms with Gasteiger partial charge >= 0.3 is 5.97 Å². The second kappa shape index (κ2) is 6.83. The molecule has 0 saturated heterocycles. The van der Waals surface area contributed by atoms with E-state index in [9.17, 15) is 19.7 Å². The number of benzene rings is 1. The lowest BCUT2D eigenvalue weighted by Gasteiger charge is -2.10. The summed E-state index contributed by atoms with van der Waals surface area (Å²) in [4.78, 5) is 33.4. The average Bonchev–Trinajstić information content (AvgIpc) is 2.39. The van der Waals surface area contributed by atoms with Crippen LogP contribution in [0.5, 0.6) is 0 Å². The molecule has 0 heterocycles. The number of amides is 1. The topological polar surface area (TPSA) is 98.5 Å². The zero-order chi connectivity index (χ0) is 16.2. The number of nitrogens with zero attached hydrogens (tertiary/aromatic N) is 1. The minimum Gasteiger partial charge on any atom is -0.455 e. The molecule has 0 spiro atoms. The standard InChI is InChI=1S/C14H18N2O5/c1-8(2)14(18)21-7-13(17)15-11-5-9(3)10(4)6-12(11)16(19)20/h5-6,8H,7H2,1-4H3,(H,15,17). The first-order valence-electron chi connectivity index (χ1n) is 6.44. The van der Waals surface area contributed by atoms with Gasteiger partial charge in [0.05, 0.1) is 10.8 Å². The highest BCUT2D eigenvalue weighted by Crippen LogP contribution is 2.27. The highest BCUT2D eigenvalue weighted by molar-refractivity contribution is 5.95. The fraction of sp³-hybridized carbons (Fsp3) is 0.429. The Hall–Kier alpha value is -2.44. The van der Waals surface area contributed by atoms with Crippen molar-refractivity contribution in [3.63, 3.8) is 0 Å². The zero-order valence-electron chi connectivity index (χ0n) is 12.4. The number of esters is 1. The third-order valence-electron chi connectivity index (χ3n) is 2.90. The van der Waals surface area contributed by atoms with E-state index in [2.05, 4.69) is 5.32 Å². The number of aryl methyl sites for hydroxylation is 2. The fourth-order valence-electron chi connectivity index (χ4n) is 1.54. The Morgan fingerprint density at radius 2 is 1.86 bits per heavy atom. The highest BCUT2D eigenvalue weighted by Gasteiger charge is 2.18. The average molecular weight is 294 g/mol. The normalized spacial score (nSPS) is 10.3. The van der Waals surface area contributed by atoms with Crippen molar-refractivity contribution in [2.24, 2.45) is 5.92 Å². The van der Waals surface area contributed by atoms with Gasteiger partial charge in [0.1, 0.15) is 5.69 Å². The van der Waals surface area contributed by atoms with Crippen LogP contribution in [0.2, 0.25) is 0 Å². The summed E-state index contributed by atoms with van der Waals surface area (Å²) >= 11 is 0. The van der Waals surface area contributed by atoms with Crippen molar-refractivity contribution in [1.29, 1.82) is 0 Å². The molecule has 0 unspecified atom stereocenters. The van der Waals surface area contributed by atoms with Crippen molar-refractivity contribution < 1.29 is 19.2 Å². The SMILES string of the molecule is Cc1cc(NC(=O)COC(=O)C(C)C)c([N+](=O)[O-])cc1C. The lowest BCUT2D eigenvalue weighted by atomic mass is 10.1. The maximum Gasteiger partial charge on any atom is 0.308 e. The molecule has 0 saturated carbocycles. The van der Waals surface area contributed by atoms with Crippen LogP contribution in [0.1, 0.15) is 25.0 Å². The number of hydrogen-bond donors (Lipinski definition) is 1. The number of anilines is 1. The number of carbonyl (C=O) groups is 2. The maximum atomic E-state index is 11.7. The first kappa shape index (κ1) is 16.6. The summed E-state index contributed by atoms with van der Waals surface area (Å²) in [7, 11) is 0. The number of nitro groups is 1. The van der Waals surface area contributed by atoms with Crippen LogP contribution in [-0.4, -0.2) is 23.4 Å². The molecule has 114 valence electrons. The molecule has 1 amide bonds. The number of nitro benzene ring substituents is 1. The zero-order valence-corrected chi connectivity index (χ0v) is 12.4. The van der Waals surface area contributed by atoms with Crippen LogP contribution in [0.15, 0.2) is 12.1 Å². The quantitative estimate of drug-likeness (QED) is 0.510. The van der Waals surface area contributed by atoms with E-state index in [1.54, 1.807) is 27.7 Å². The van der Waals surface area contributed by atoms with Gasteiger partial charge in [-0.05, 0) is 31.0 Å². The molecule has 0 aromatic heterocycles. The molecule has 7 nitrogen and oxygen atoms in total. The number of carbonyl (C=O) groups excluding carboxylic acids is 2. The summed E-state index contributed by atoms with van der Waals surface area (Å²) in [6.07, 6.45) is 0. The predicted octanol–water partition coefficient (Wildman–Crippen LogP) is 2.35. The van der Waals surface area contributed by atoms with Crippen LogP contribution in [0.3, 0.4) is 0 Å². The first-order chi connectivity index (χ1) is 9.72. The molecule has 0 aliphatic heterocycles. The maximum absolute atomic E-state index is 11.7. The molecule has 1 aromatic rings. The van der Waals surface area contributed by atoms with Crippen LogP contribution in [-0.2, 0) is 14.3 Å². The molecule has 0 bridgehead atoms. The van der Waals surface area contributed by atoms with Gasteiger partial charge in [-0.1, -0.05) is 13.8 Å². The smallest absolute Gasteiger partial charge is 0.308 e. The third kappa shape index (κ3) is 4.55. The fourth-order valence-corrected chi connectivity index (χ4v) is 1.54. The number of rotatable bonds is 5. The van der Waals surface area contributed by atoms with Crippen molar-refractivity contribution >= 4 is 23.3 Å². The van der Waals surface area contributed by atoms with Gasteiger partial charge in [0, 0.05) is 6.07 Å². The van der Waals surface area contributed by atoms with Crippen LogP contribution in [0, 0.1) is 29.9 Å². The van der Waals surface area contributed by atoms with Gasteiger partial charge < -0.3 is 10.1 Å².